The van der Waals surface area contributed by atoms with Crippen molar-refractivity contribution in [3.63, 3.8) is 0 Å². The molecule has 4 nitrogen and oxygen atoms in total. The molecule has 0 radical (unpaired) electrons. The average molecular weight is 365 g/mol. The lowest BCUT2D eigenvalue weighted by Crippen LogP contribution is -2.53. The molecule has 0 N–H and O–H groups in total. The van der Waals surface area contributed by atoms with Gasteiger partial charge < -0.3 is 4.90 Å². The number of halogens is 2. The van der Waals surface area contributed by atoms with Crippen molar-refractivity contribution in [2.24, 2.45) is 0 Å². The van der Waals surface area contributed by atoms with Gasteiger partial charge in [-0.1, -0.05) is 6.92 Å². The van der Waals surface area contributed by atoms with Gasteiger partial charge in [0, 0.05) is 31.2 Å². The van der Waals surface area contributed by atoms with Gasteiger partial charge in [0.2, 0.25) is 0 Å². The van der Waals surface area contributed by atoms with E-state index in [-0.39, 0.29) is 11.9 Å². The zero-order chi connectivity index (χ0) is 18.1. The standard InChI is InChI=1S/C18H21F2N3OS/c1-4-22-7-8-23(11(2)10-22)18(24)16-12(3)21-17(25-16)13-5-6-14(19)15(20)9-13/h5-6,9,11H,4,7-8,10H2,1-3H3. The van der Waals surface area contributed by atoms with Crippen LogP contribution >= 0.6 is 11.3 Å². The fourth-order valence-corrected chi connectivity index (χ4v) is 4.12. The molecule has 2 aromatic rings. The number of aryl methyl sites for hydroxylation is 1. The Bertz CT molecular complexity index is 793. The van der Waals surface area contributed by atoms with Crippen LogP contribution in [-0.2, 0) is 0 Å². The number of hydrogen-bond donors (Lipinski definition) is 0. The second kappa shape index (κ2) is 7.17. The van der Waals surface area contributed by atoms with E-state index in [2.05, 4.69) is 16.8 Å². The fraction of sp³-hybridized carbons (Fsp3) is 0.444. The van der Waals surface area contributed by atoms with Crippen LogP contribution in [0.15, 0.2) is 18.2 Å². The summed E-state index contributed by atoms with van der Waals surface area (Å²) in [5.74, 6) is -1.84. The molecule has 134 valence electrons. The first-order valence-corrected chi connectivity index (χ1v) is 9.18. The predicted octanol–water partition coefficient (Wildman–Crippen LogP) is 3.56. The van der Waals surface area contributed by atoms with E-state index in [1.165, 1.54) is 17.4 Å². The minimum atomic E-state index is -0.914. The third kappa shape index (κ3) is 3.57. The van der Waals surface area contributed by atoms with Crippen LogP contribution in [0.25, 0.3) is 10.6 Å². The van der Waals surface area contributed by atoms with Crippen LogP contribution in [0.3, 0.4) is 0 Å². The first-order chi connectivity index (χ1) is 11.9. The number of hydrogen-bond acceptors (Lipinski definition) is 4. The van der Waals surface area contributed by atoms with Crippen molar-refractivity contribution in [1.82, 2.24) is 14.8 Å². The minimum absolute atomic E-state index is 0.0351. The Labute approximate surface area is 150 Å². The molecule has 1 aromatic heterocycles. The molecule has 1 aliphatic heterocycles. The van der Waals surface area contributed by atoms with Crippen LogP contribution in [0.2, 0.25) is 0 Å². The average Bonchev–Trinajstić information content (AvgIpc) is 2.98. The molecular weight excluding hydrogens is 344 g/mol. The maximum absolute atomic E-state index is 13.5. The number of benzene rings is 1. The number of aromatic nitrogens is 1. The molecule has 1 unspecified atom stereocenters. The number of carbonyl (C=O) groups is 1. The van der Waals surface area contributed by atoms with Crippen LogP contribution < -0.4 is 0 Å². The van der Waals surface area contributed by atoms with Crippen molar-refractivity contribution in [2.75, 3.05) is 26.2 Å². The molecule has 1 amide bonds. The summed E-state index contributed by atoms with van der Waals surface area (Å²) in [5.41, 5.74) is 1.11. The molecular formula is C18H21F2N3OS. The number of piperazine rings is 1. The topological polar surface area (TPSA) is 36.4 Å². The van der Waals surface area contributed by atoms with E-state index in [1.807, 2.05) is 11.8 Å². The first-order valence-electron chi connectivity index (χ1n) is 8.37. The second-order valence-electron chi connectivity index (χ2n) is 6.30. The summed E-state index contributed by atoms with van der Waals surface area (Å²) in [6.45, 7) is 9.33. The summed E-state index contributed by atoms with van der Waals surface area (Å²) in [7, 11) is 0. The van der Waals surface area contributed by atoms with Crippen LogP contribution in [0.1, 0.15) is 29.2 Å². The van der Waals surface area contributed by atoms with Crippen molar-refractivity contribution in [3.05, 3.63) is 40.4 Å². The van der Waals surface area contributed by atoms with Gasteiger partial charge in [-0.3, -0.25) is 9.69 Å². The summed E-state index contributed by atoms with van der Waals surface area (Å²) in [4.78, 5) is 22.1. The van der Waals surface area contributed by atoms with Crippen LogP contribution in [0.4, 0.5) is 8.78 Å². The van der Waals surface area contributed by atoms with E-state index < -0.39 is 11.6 Å². The van der Waals surface area contributed by atoms with E-state index >= 15 is 0 Å². The first kappa shape index (κ1) is 17.9. The Morgan fingerprint density at radius 2 is 2.08 bits per heavy atom. The molecule has 1 aliphatic rings. The maximum atomic E-state index is 13.5. The maximum Gasteiger partial charge on any atom is 0.266 e. The van der Waals surface area contributed by atoms with Crippen molar-refractivity contribution in [3.8, 4) is 10.6 Å². The fourth-order valence-electron chi connectivity index (χ4n) is 3.10. The van der Waals surface area contributed by atoms with E-state index in [0.717, 1.165) is 31.8 Å². The lowest BCUT2D eigenvalue weighted by Gasteiger charge is -2.39. The summed E-state index contributed by atoms with van der Waals surface area (Å²) < 4.78 is 26.6. The largest absolute Gasteiger partial charge is 0.333 e. The van der Waals surface area contributed by atoms with Gasteiger partial charge in [-0.05, 0) is 38.6 Å². The highest BCUT2D eigenvalue weighted by molar-refractivity contribution is 7.17. The van der Waals surface area contributed by atoms with Gasteiger partial charge in [-0.15, -0.1) is 11.3 Å². The Morgan fingerprint density at radius 1 is 1.32 bits per heavy atom. The third-order valence-electron chi connectivity index (χ3n) is 4.58. The number of likely N-dealkylation sites (N-methyl/N-ethyl adjacent to an activating group) is 1. The summed E-state index contributed by atoms with van der Waals surface area (Å²) in [5, 5.41) is 0.527. The second-order valence-corrected chi connectivity index (χ2v) is 7.30. The smallest absolute Gasteiger partial charge is 0.266 e. The highest BCUT2D eigenvalue weighted by atomic mass is 32.1. The molecule has 1 atom stereocenters. The highest BCUT2D eigenvalue weighted by Gasteiger charge is 2.29. The molecule has 0 saturated carbocycles. The summed E-state index contributed by atoms with van der Waals surface area (Å²) in [6, 6.07) is 3.81. The van der Waals surface area contributed by atoms with Gasteiger partial charge in [-0.25, -0.2) is 13.8 Å². The zero-order valence-electron chi connectivity index (χ0n) is 14.6. The van der Waals surface area contributed by atoms with Crippen molar-refractivity contribution in [1.29, 1.82) is 0 Å². The van der Waals surface area contributed by atoms with E-state index in [9.17, 15) is 13.6 Å². The molecule has 0 spiro atoms. The van der Waals surface area contributed by atoms with Crippen molar-refractivity contribution in [2.45, 2.75) is 26.8 Å². The Hall–Kier alpha value is -1.86. The van der Waals surface area contributed by atoms with E-state index in [0.29, 0.717) is 27.7 Å². The lowest BCUT2D eigenvalue weighted by atomic mass is 10.1. The van der Waals surface area contributed by atoms with Crippen LogP contribution in [-0.4, -0.2) is 52.9 Å². The molecule has 0 bridgehead atoms. The van der Waals surface area contributed by atoms with Gasteiger partial charge in [0.1, 0.15) is 9.88 Å². The molecule has 2 heterocycles. The summed E-state index contributed by atoms with van der Waals surface area (Å²) in [6.07, 6.45) is 0. The number of thiazole rings is 1. The van der Waals surface area contributed by atoms with Gasteiger partial charge >= 0.3 is 0 Å². The quantitative estimate of drug-likeness (QED) is 0.834. The monoisotopic (exact) mass is 365 g/mol. The van der Waals surface area contributed by atoms with E-state index in [4.69, 9.17) is 0 Å². The van der Waals surface area contributed by atoms with E-state index in [1.54, 1.807) is 6.92 Å². The summed E-state index contributed by atoms with van der Waals surface area (Å²) >= 11 is 1.23. The van der Waals surface area contributed by atoms with Crippen LogP contribution in [0, 0.1) is 18.6 Å². The number of amides is 1. The molecule has 25 heavy (non-hydrogen) atoms. The minimum Gasteiger partial charge on any atom is -0.333 e. The number of nitrogens with zero attached hydrogens (tertiary/aromatic N) is 3. The van der Waals surface area contributed by atoms with Gasteiger partial charge in [-0.2, -0.15) is 0 Å². The lowest BCUT2D eigenvalue weighted by molar-refractivity contribution is 0.0503. The van der Waals surface area contributed by atoms with Gasteiger partial charge in [0.25, 0.3) is 5.91 Å². The van der Waals surface area contributed by atoms with Gasteiger partial charge in [0.15, 0.2) is 11.6 Å². The SMILES string of the molecule is CCN1CCN(C(=O)c2sc(-c3ccc(F)c(F)c3)nc2C)C(C)C1. The number of rotatable bonds is 3. The number of carbonyl (C=O) groups excluding carboxylic acids is 1. The normalized spacial score (nSPS) is 18.6. The Kier molecular flexibility index (Phi) is 5.15. The van der Waals surface area contributed by atoms with Crippen molar-refractivity contribution >= 4 is 17.2 Å². The molecule has 0 aliphatic carbocycles. The molecule has 7 heteroatoms. The van der Waals surface area contributed by atoms with Crippen LogP contribution in [0.5, 0.6) is 0 Å². The van der Waals surface area contributed by atoms with Gasteiger partial charge in [0.05, 0.1) is 5.69 Å². The zero-order valence-corrected chi connectivity index (χ0v) is 15.4. The Morgan fingerprint density at radius 3 is 2.72 bits per heavy atom. The molecule has 1 fully saturated rings. The highest BCUT2D eigenvalue weighted by Crippen LogP contribution is 2.30. The molecule has 3 rings (SSSR count). The Balaban J connectivity index is 1.84. The molecule has 1 saturated heterocycles. The predicted molar refractivity (Wildman–Crippen MR) is 94.8 cm³/mol. The third-order valence-corrected chi connectivity index (χ3v) is 5.77. The van der Waals surface area contributed by atoms with Crippen molar-refractivity contribution < 1.29 is 13.6 Å². The molecule has 1 aromatic carbocycles.